The van der Waals surface area contributed by atoms with Gasteiger partial charge >= 0.3 is 0 Å². The number of hydrogen-bond acceptors (Lipinski definition) is 4. The number of phenolic OH excluding ortho intramolecular Hbond substituents is 1. The molecular weight excluding hydrogens is 326 g/mol. The summed E-state index contributed by atoms with van der Waals surface area (Å²) in [7, 11) is 0. The van der Waals surface area contributed by atoms with Gasteiger partial charge in [-0.3, -0.25) is 14.7 Å². The minimum atomic E-state index is -0.194. The molecule has 2 N–H and O–H groups in total. The van der Waals surface area contributed by atoms with E-state index >= 15 is 0 Å². The number of piperidine rings is 1. The zero-order valence-corrected chi connectivity index (χ0v) is 15.5. The van der Waals surface area contributed by atoms with Gasteiger partial charge in [-0.2, -0.15) is 0 Å². The number of carbonyl (C=O) groups is 1. The number of hydrogen-bond donors (Lipinski definition) is 2. The summed E-state index contributed by atoms with van der Waals surface area (Å²) in [5, 5.41) is 13.2. The number of carbonyl (C=O) groups excluding carboxylic acids is 1. The first-order valence-electron chi connectivity index (χ1n) is 9.29. The highest BCUT2D eigenvalue weighted by Crippen LogP contribution is 2.24. The third-order valence-corrected chi connectivity index (χ3v) is 4.97. The average molecular weight is 353 g/mol. The Bertz CT molecular complexity index is 738. The molecule has 0 bridgehead atoms. The first-order valence-corrected chi connectivity index (χ1v) is 9.29. The number of phenols is 1. The van der Waals surface area contributed by atoms with Crippen LogP contribution in [0.3, 0.4) is 0 Å². The lowest BCUT2D eigenvalue weighted by atomic mass is 10.00. The smallest absolute Gasteiger partial charge is 0.255 e. The fourth-order valence-corrected chi connectivity index (χ4v) is 3.32. The topological polar surface area (TPSA) is 65.5 Å². The van der Waals surface area contributed by atoms with Crippen LogP contribution in [0.1, 0.15) is 54.2 Å². The molecule has 3 rings (SSSR count). The quantitative estimate of drug-likeness (QED) is 0.866. The number of likely N-dealkylation sites (tertiary alicyclic amines) is 1. The number of rotatable bonds is 5. The van der Waals surface area contributed by atoms with Gasteiger partial charge < -0.3 is 10.4 Å². The van der Waals surface area contributed by atoms with Gasteiger partial charge in [0.2, 0.25) is 0 Å². The van der Waals surface area contributed by atoms with E-state index in [0.29, 0.717) is 11.5 Å². The molecule has 5 nitrogen and oxygen atoms in total. The van der Waals surface area contributed by atoms with Crippen LogP contribution in [0.15, 0.2) is 42.6 Å². The normalized spacial score (nSPS) is 16.0. The van der Waals surface area contributed by atoms with Crippen molar-refractivity contribution in [3.63, 3.8) is 0 Å². The number of nitrogens with one attached hydrogen (secondary N) is 1. The van der Waals surface area contributed by atoms with Crippen molar-refractivity contribution in [2.75, 3.05) is 13.1 Å². The average Bonchev–Trinajstić information content (AvgIpc) is 2.64. The molecule has 2 heterocycles. The van der Waals surface area contributed by atoms with Gasteiger partial charge in [-0.05, 0) is 48.6 Å². The van der Waals surface area contributed by atoms with Crippen molar-refractivity contribution in [3.8, 4) is 5.75 Å². The standard InChI is InChI=1S/C21H27N3O2/c1-15(2)16-6-7-19(20(25)13-16)21(26)23-17-8-11-24(12-9-17)14-18-5-3-4-10-22-18/h3-7,10,13,15,17,25H,8-9,11-12,14H2,1-2H3,(H,23,26). The predicted molar refractivity (Wildman–Crippen MR) is 102 cm³/mol. The second kappa shape index (κ2) is 8.32. The fourth-order valence-electron chi connectivity index (χ4n) is 3.32. The van der Waals surface area contributed by atoms with Crippen LogP contribution in [0, 0.1) is 0 Å². The van der Waals surface area contributed by atoms with Crippen molar-refractivity contribution in [3.05, 3.63) is 59.4 Å². The van der Waals surface area contributed by atoms with Crippen molar-refractivity contribution < 1.29 is 9.90 Å². The van der Waals surface area contributed by atoms with E-state index in [1.165, 1.54) is 0 Å². The van der Waals surface area contributed by atoms with E-state index in [1.807, 2.05) is 30.5 Å². The molecule has 138 valence electrons. The molecule has 0 saturated carbocycles. The summed E-state index contributed by atoms with van der Waals surface area (Å²) >= 11 is 0. The third-order valence-electron chi connectivity index (χ3n) is 4.97. The van der Waals surface area contributed by atoms with Gasteiger partial charge in [-0.25, -0.2) is 0 Å². The van der Waals surface area contributed by atoms with Crippen LogP contribution in [0.2, 0.25) is 0 Å². The molecule has 1 amide bonds. The maximum absolute atomic E-state index is 12.5. The summed E-state index contributed by atoms with van der Waals surface area (Å²) in [5.41, 5.74) is 2.46. The maximum Gasteiger partial charge on any atom is 0.255 e. The highest BCUT2D eigenvalue weighted by Gasteiger charge is 2.22. The van der Waals surface area contributed by atoms with Crippen LogP contribution in [-0.2, 0) is 6.54 Å². The van der Waals surface area contributed by atoms with Crippen LogP contribution in [0.25, 0.3) is 0 Å². The number of nitrogens with zero attached hydrogens (tertiary/aromatic N) is 2. The SMILES string of the molecule is CC(C)c1ccc(C(=O)NC2CCN(Cc3ccccn3)CC2)c(O)c1. The zero-order valence-electron chi connectivity index (χ0n) is 15.5. The van der Waals surface area contributed by atoms with Gasteiger partial charge in [0.1, 0.15) is 5.75 Å². The van der Waals surface area contributed by atoms with Crippen LogP contribution < -0.4 is 5.32 Å². The number of aromatic hydroxyl groups is 1. The van der Waals surface area contributed by atoms with E-state index < -0.39 is 0 Å². The number of pyridine rings is 1. The Kier molecular flexibility index (Phi) is 5.89. The van der Waals surface area contributed by atoms with E-state index in [0.717, 1.165) is 43.7 Å². The summed E-state index contributed by atoms with van der Waals surface area (Å²) in [6, 6.07) is 11.4. The van der Waals surface area contributed by atoms with Crippen LogP contribution in [0.4, 0.5) is 0 Å². The van der Waals surface area contributed by atoms with E-state index in [-0.39, 0.29) is 17.7 Å². The molecule has 2 aromatic rings. The Morgan fingerprint density at radius 1 is 1.27 bits per heavy atom. The Morgan fingerprint density at radius 3 is 2.65 bits per heavy atom. The Labute approximate surface area is 155 Å². The Morgan fingerprint density at radius 2 is 2.04 bits per heavy atom. The summed E-state index contributed by atoms with van der Waals surface area (Å²) in [5.74, 6) is 0.184. The van der Waals surface area contributed by atoms with E-state index in [2.05, 4.69) is 29.0 Å². The molecule has 1 aliphatic rings. The molecule has 0 aliphatic carbocycles. The molecular formula is C21H27N3O2. The van der Waals surface area contributed by atoms with E-state index in [9.17, 15) is 9.90 Å². The molecule has 0 radical (unpaired) electrons. The van der Waals surface area contributed by atoms with Gasteiger partial charge in [0.25, 0.3) is 5.91 Å². The summed E-state index contributed by atoms with van der Waals surface area (Å²) in [4.78, 5) is 19.2. The highest BCUT2D eigenvalue weighted by atomic mass is 16.3. The molecule has 0 atom stereocenters. The summed E-state index contributed by atoms with van der Waals surface area (Å²) < 4.78 is 0. The van der Waals surface area contributed by atoms with Crippen molar-refractivity contribution in [1.82, 2.24) is 15.2 Å². The highest BCUT2D eigenvalue weighted by molar-refractivity contribution is 5.97. The lowest BCUT2D eigenvalue weighted by molar-refractivity contribution is 0.0906. The molecule has 0 unspecified atom stereocenters. The first kappa shape index (κ1) is 18.4. The van der Waals surface area contributed by atoms with Gasteiger partial charge in [0.05, 0.1) is 11.3 Å². The molecule has 1 aromatic carbocycles. The minimum absolute atomic E-state index is 0.0567. The predicted octanol–water partition coefficient (Wildman–Crippen LogP) is 3.31. The fraction of sp³-hybridized carbons (Fsp3) is 0.429. The second-order valence-electron chi connectivity index (χ2n) is 7.28. The Balaban J connectivity index is 1.52. The largest absolute Gasteiger partial charge is 0.507 e. The molecule has 0 spiro atoms. The second-order valence-corrected chi connectivity index (χ2v) is 7.28. The maximum atomic E-state index is 12.5. The first-order chi connectivity index (χ1) is 12.5. The van der Waals surface area contributed by atoms with Crippen LogP contribution in [0.5, 0.6) is 5.75 Å². The number of amides is 1. The lowest BCUT2D eigenvalue weighted by Gasteiger charge is -2.32. The van der Waals surface area contributed by atoms with Crippen molar-refractivity contribution in [1.29, 1.82) is 0 Å². The van der Waals surface area contributed by atoms with Crippen LogP contribution in [-0.4, -0.2) is 40.0 Å². The zero-order chi connectivity index (χ0) is 18.5. The van der Waals surface area contributed by atoms with Gasteiger partial charge in [0.15, 0.2) is 0 Å². The molecule has 1 fully saturated rings. The monoisotopic (exact) mass is 353 g/mol. The van der Waals surface area contributed by atoms with Crippen molar-refractivity contribution in [2.45, 2.75) is 45.2 Å². The van der Waals surface area contributed by atoms with E-state index in [4.69, 9.17) is 0 Å². The summed E-state index contributed by atoms with van der Waals surface area (Å²) in [6.07, 6.45) is 3.63. The van der Waals surface area contributed by atoms with Crippen molar-refractivity contribution in [2.24, 2.45) is 0 Å². The van der Waals surface area contributed by atoms with Crippen molar-refractivity contribution >= 4 is 5.91 Å². The number of aromatic nitrogens is 1. The Hall–Kier alpha value is -2.40. The third kappa shape index (κ3) is 4.61. The van der Waals surface area contributed by atoms with Gasteiger partial charge in [0, 0.05) is 31.9 Å². The molecule has 5 heteroatoms. The molecule has 1 aliphatic heterocycles. The van der Waals surface area contributed by atoms with Gasteiger partial charge in [-0.15, -0.1) is 0 Å². The lowest BCUT2D eigenvalue weighted by Crippen LogP contribution is -2.44. The van der Waals surface area contributed by atoms with Crippen LogP contribution >= 0.6 is 0 Å². The molecule has 1 aromatic heterocycles. The molecule has 26 heavy (non-hydrogen) atoms. The van der Waals surface area contributed by atoms with E-state index in [1.54, 1.807) is 12.1 Å². The summed E-state index contributed by atoms with van der Waals surface area (Å²) in [6.45, 7) is 6.83. The van der Waals surface area contributed by atoms with Gasteiger partial charge in [-0.1, -0.05) is 26.0 Å². The molecule has 1 saturated heterocycles. The number of benzene rings is 1. The minimum Gasteiger partial charge on any atom is -0.507 e.